The van der Waals surface area contributed by atoms with Gasteiger partial charge in [0.15, 0.2) is 0 Å². The van der Waals surface area contributed by atoms with Crippen LogP contribution in [0.1, 0.15) is 68.0 Å². The molecule has 0 unspecified atom stereocenters. The molecule has 0 aliphatic carbocycles. The molecule has 12 aromatic heterocycles. The van der Waals surface area contributed by atoms with Crippen molar-refractivity contribution in [1.29, 1.82) is 0 Å². The van der Waals surface area contributed by atoms with Crippen molar-refractivity contribution in [3.8, 4) is 34.2 Å². The Morgan fingerprint density at radius 1 is 0.361 bits per heavy atom. The maximum absolute atomic E-state index is 6.20. The van der Waals surface area contributed by atoms with Crippen molar-refractivity contribution in [3.05, 3.63) is 193 Å². The van der Waals surface area contributed by atoms with Gasteiger partial charge in [-0.25, -0.2) is 59.8 Å². The molecule has 0 bridgehead atoms. The Labute approximate surface area is 496 Å². The number of rotatable bonds is 5. The van der Waals surface area contributed by atoms with Crippen LogP contribution < -0.4 is 16.4 Å². The van der Waals surface area contributed by atoms with E-state index in [1.54, 1.807) is 98.6 Å². The molecule has 0 atom stereocenters. The summed E-state index contributed by atoms with van der Waals surface area (Å²) in [5.41, 5.74) is 16.2. The molecule has 0 fully saturated rings. The summed E-state index contributed by atoms with van der Waals surface area (Å²) in [5.74, 6) is 0. The Kier molecular flexibility index (Phi) is 21.2. The highest BCUT2D eigenvalue weighted by Gasteiger charge is 2.16. The van der Waals surface area contributed by atoms with Gasteiger partial charge < -0.3 is 16.4 Å². The molecule has 12 heterocycles. The SMILES string of the molecule is CC(C)(C)N.CC(C)(C)Nc1cc(-c2ccncn2)nc2cnccc12.CC(C)(C)Nc1cc(-c2ccncn2)nc2cnccc12.Cc1ccncn1.Clc1cc(-c2ccncn2)nc2cnccc12.Clc1cc(Cl)c2ccncc2n1. The highest BCUT2D eigenvalue weighted by Crippen LogP contribution is 2.31. The van der Waals surface area contributed by atoms with E-state index in [9.17, 15) is 0 Å². The number of fused-ring (bicyclic) bond motifs is 4. The van der Waals surface area contributed by atoms with Gasteiger partial charge in [0.25, 0.3) is 0 Å². The van der Waals surface area contributed by atoms with Crippen LogP contribution in [0.3, 0.4) is 0 Å². The van der Waals surface area contributed by atoms with E-state index in [4.69, 9.17) is 40.5 Å². The van der Waals surface area contributed by atoms with Crippen molar-refractivity contribution < 1.29 is 0 Å². The largest absolute Gasteiger partial charge is 0.380 e. The van der Waals surface area contributed by atoms with E-state index in [-0.39, 0.29) is 16.6 Å². The van der Waals surface area contributed by atoms with E-state index in [1.807, 2.05) is 76.2 Å². The number of hydrogen-bond donors (Lipinski definition) is 3. The zero-order valence-electron chi connectivity index (χ0n) is 47.5. The summed E-state index contributed by atoms with van der Waals surface area (Å²) in [7, 11) is 0. The molecule has 22 heteroatoms. The predicted molar refractivity (Wildman–Crippen MR) is 334 cm³/mol. The molecule has 0 amide bonds. The summed E-state index contributed by atoms with van der Waals surface area (Å²) >= 11 is 17.8. The first kappa shape index (κ1) is 61.6. The fourth-order valence-electron chi connectivity index (χ4n) is 7.29. The van der Waals surface area contributed by atoms with Gasteiger partial charge in [-0.2, -0.15) is 0 Å². The summed E-state index contributed by atoms with van der Waals surface area (Å²) in [5, 5.41) is 12.6. The van der Waals surface area contributed by atoms with E-state index in [0.717, 1.165) is 94.8 Å². The lowest BCUT2D eigenvalue weighted by Crippen LogP contribution is -2.26. The van der Waals surface area contributed by atoms with Gasteiger partial charge in [-0.1, -0.05) is 34.8 Å². The zero-order valence-corrected chi connectivity index (χ0v) is 49.8. The van der Waals surface area contributed by atoms with E-state index in [1.165, 1.54) is 25.3 Å². The topological polar surface area (TPSA) is 256 Å². The smallest absolute Gasteiger partial charge is 0.131 e. The molecule has 0 saturated carbocycles. The lowest BCUT2D eigenvalue weighted by atomic mass is 10.1. The van der Waals surface area contributed by atoms with Crippen molar-refractivity contribution in [2.45, 2.75) is 85.9 Å². The molecule has 0 aliphatic heterocycles. The molecule has 4 N–H and O–H groups in total. The first-order valence-electron chi connectivity index (χ1n) is 25.9. The fraction of sp³-hybridized carbons (Fsp3) is 0.213. The Morgan fingerprint density at radius 2 is 0.675 bits per heavy atom. The van der Waals surface area contributed by atoms with Crippen molar-refractivity contribution in [3.63, 3.8) is 0 Å². The summed E-state index contributed by atoms with van der Waals surface area (Å²) in [6, 6.07) is 22.4. The van der Waals surface area contributed by atoms with Gasteiger partial charge >= 0.3 is 0 Å². The summed E-state index contributed by atoms with van der Waals surface area (Å²) in [6.07, 6.45) is 26.7. The Bertz CT molecular complexity index is 3860. The first-order chi connectivity index (χ1) is 39.6. The van der Waals surface area contributed by atoms with Crippen LogP contribution in [-0.2, 0) is 0 Å². The highest BCUT2D eigenvalue weighted by atomic mass is 35.5. The van der Waals surface area contributed by atoms with Crippen molar-refractivity contribution in [2.75, 3.05) is 10.6 Å². The van der Waals surface area contributed by atoms with Crippen molar-refractivity contribution in [1.82, 2.24) is 79.7 Å². The number of aryl methyl sites for hydroxylation is 1. The number of aromatic nitrogens is 16. The van der Waals surface area contributed by atoms with Crippen LogP contribution in [0.5, 0.6) is 0 Å². The van der Waals surface area contributed by atoms with Gasteiger partial charge in [-0.05, 0) is 142 Å². The second kappa shape index (κ2) is 28.6. The van der Waals surface area contributed by atoms with Gasteiger partial charge in [0.05, 0.1) is 91.1 Å². The quantitative estimate of drug-likeness (QED) is 0.135. The van der Waals surface area contributed by atoms with Crippen LogP contribution in [0, 0.1) is 6.92 Å². The number of nitrogens with one attached hydrogen (secondary N) is 2. The predicted octanol–water partition coefficient (Wildman–Crippen LogP) is 13.8. The third-order valence-electron chi connectivity index (χ3n) is 10.6. The molecular weight excluding hydrogens is 1110 g/mol. The van der Waals surface area contributed by atoms with Crippen LogP contribution >= 0.6 is 34.8 Å². The van der Waals surface area contributed by atoms with E-state index in [2.05, 4.69) is 132 Å². The van der Waals surface area contributed by atoms with E-state index >= 15 is 0 Å². The molecule has 0 aromatic carbocycles. The van der Waals surface area contributed by atoms with Gasteiger partial charge in [0.2, 0.25) is 0 Å². The maximum Gasteiger partial charge on any atom is 0.131 e. The third kappa shape index (κ3) is 19.6. The van der Waals surface area contributed by atoms with Gasteiger partial charge in [0.1, 0.15) is 30.5 Å². The summed E-state index contributed by atoms with van der Waals surface area (Å²) in [6.45, 7) is 20.6. The average molecular weight is 1170 g/mol. The molecule has 0 saturated heterocycles. The normalized spacial score (nSPS) is 11.0. The summed E-state index contributed by atoms with van der Waals surface area (Å²) in [4.78, 5) is 66.1. The lowest BCUT2D eigenvalue weighted by molar-refractivity contribution is 0.580. The minimum Gasteiger partial charge on any atom is -0.380 e. The third-order valence-corrected chi connectivity index (χ3v) is 11.4. The number of anilines is 2. The molecule has 12 aromatic rings. The van der Waals surface area contributed by atoms with Crippen molar-refractivity contribution in [2.24, 2.45) is 5.73 Å². The van der Waals surface area contributed by atoms with Crippen molar-refractivity contribution >= 4 is 89.8 Å². The maximum atomic E-state index is 6.20. The molecule has 422 valence electrons. The minimum atomic E-state index is -0.0412. The van der Waals surface area contributed by atoms with Crippen LogP contribution in [0.2, 0.25) is 15.2 Å². The lowest BCUT2D eigenvalue weighted by Gasteiger charge is -2.23. The fourth-order valence-corrected chi connectivity index (χ4v) is 8.08. The number of nitrogens with zero attached hydrogens (tertiary/aromatic N) is 16. The summed E-state index contributed by atoms with van der Waals surface area (Å²) < 4.78 is 0. The van der Waals surface area contributed by atoms with Crippen LogP contribution in [0.4, 0.5) is 11.4 Å². The molecule has 83 heavy (non-hydrogen) atoms. The second-order valence-corrected chi connectivity index (χ2v) is 22.5. The monoisotopic (exact) mass is 1170 g/mol. The Balaban J connectivity index is 0.000000151. The Morgan fingerprint density at radius 3 is 1.00 bits per heavy atom. The van der Waals surface area contributed by atoms with Gasteiger partial charge in [0, 0.05) is 105 Å². The van der Waals surface area contributed by atoms with Gasteiger partial charge in [-0.3, -0.25) is 19.9 Å². The van der Waals surface area contributed by atoms with E-state index in [0.29, 0.717) is 15.2 Å². The van der Waals surface area contributed by atoms with Crippen LogP contribution in [0.25, 0.3) is 77.8 Å². The number of nitrogens with two attached hydrogens (primary N) is 1. The number of halogens is 3. The second-order valence-electron chi connectivity index (χ2n) is 21.3. The zero-order chi connectivity index (χ0) is 59.6. The van der Waals surface area contributed by atoms with Crippen LogP contribution in [-0.4, -0.2) is 96.4 Å². The molecule has 19 nitrogen and oxygen atoms in total. The highest BCUT2D eigenvalue weighted by molar-refractivity contribution is 6.37. The van der Waals surface area contributed by atoms with E-state index < -0.39 is 0 Å². The molecular formula is C61H62Cl3N19. The number of hydrogen-bond acceptors (Lipinski definition) is 19. The molecule has 0 radical (unpaired) electrons. The molecule has 12 rings (SSSR count). The standard InChI is InChI=1S/2C16H17N5.C12H7ClN4.C8H4Cl2N2.C5H6N2.C4H11N/c2*1-16(2,3)21-13-8-14(12-5-7-18-10-19-12)20-15-9-17-6-4-11(13)15;13-9-5-11(10-2-4-15-7-16-10)17-12-6-14-3-1-8(9)12;9-6-3-8(10)12-7-4-11-2-1-5(6)7;1-5-2-3-6-4-7-5;1-4(2,3)5/h2*4-10H,1-3H3,(H,20,21);1-7H;1-4H;2-4H,1H3;5H2,1-3H3. The van der Waals surface area contributed by atoms with Crippen LogP contribution in [0.15, 0.2) is 172 Å². The number of pyridine rings is 8. The minimum absolute atomic E-state index is 0. The van der Waals surface area contributed by atoms with Gasteiger partial charge in [-0.15, -0.1) is 0 Å². The average Bonchev–Trinajstić information content (AvgIpc) is 3.60. The molecule has 0 aliphatic rings. The first-order valence-corrected chi connectivity index (χ1v) is 27.0. The molecule has 0 spiro atoms. The Hall–Kier alpha value is -9.01.